The molecule has 4 nitrogen and oxygen atoms in total. The first kappa shape index (κ1) is 33.0. The van der Waals surface area contributed by atoms with Gasteiger partial charge in [-0.25, -0.2) is 0 Å². The van der Waals surface area contributed by atoms with Gasteiger partial charge in [-0.2, -0.15) is 0 Å². The zero-order valence-electron chi connectivity index (χ0n) is 26.3. The third kappa shape index (κ3) is 12.3. The van der Waals surface area contributed by atoms with E-state index in [-0.39, 0.29) is 0 Å². The van der Waals surface area contributed by atoms with E-state index in [9.17, 15) is 0 Å². The first-order chi connectivity index (χ1) is 17.8. The molecule has 37 heavy (non-hydrogen) atoms. The molecule has 2 rings (SSSR count). The maximum Gasteiger partial charge on any atom is 0.0351 e. The first-order valence-electron chi connectivity index (χ1n) is 16.7. The standard InChI is InChI=1S/C33H68N4/c1-8-30(22-31(23-34)15-13-26(3)4)12-10-11-18-36(19-17-35-9-2)33-24-37(25-33)29(7)21-32-16-14-27(5)20-28(32)6/h26-33,35H,8-25,34H2,1-7H3/t27-,28?,29+,30-,31?,32-/m0/s1. The van der Waals surface area contributed by atoms with Gasteiger partial charge in [-0.1, -0.05) is 73.6 Å². The zero-order chi connectivity index (χ0) is 27.2. The Morgan fingerprint density at radius 3 is 2.32 bits per heavy atom. The molecule has 1 saturated carbocycles. The Morgan fingerprint density at radius 1 is 0.946 bits per heavy atom. The summed E-state index contributed by atoms with van der Waals surface area (Å²) in [5.74, 6) is 5.20. The van der Waals surface area contributed by atoms with Crippen LogP contribution >= 0.6 is 0 Å². The van der Waals surface area contributed by atoms with E-state index in [0.29, 0.717) is 0 Å². The number of likely N-dealkylation sites (tertiary alicyclic amines) is 1. The average molecular weight is 521 g/mol. The monoisotopic (exact) mass is 521 g/mol. The molecule has 2 fully saturated rings. The van der Waals surface area contributed by atoms with Crippen LogP contribution in [-0.4, -0.2) is 67.7 Å². The Balaban J connectivity index is 1.73. The summed E-state index contributed by atoms with van der Waals surface area (Å²) in [6.07, 6.45) is 15.2. The van der Waals surface area contributed by atoms with Crippen LogP contribution in [0, 0.1) is 35.5 Å². The Bertz CT molecular complexity index is 561. The number of unbranched alkanes of at least 4 members (excludes halogenated alkanes) is 1. The topological polar surface area (TPSA) is 44.5 Å². The fourth-order valence-corrected chi connectivity index (χ4v) is 7.23. The van der Waals surface area contributed by atoms with Gasteiger partial charge in [0.05, 0.1) is 0 Å². The second-order valence-electron chi connectivity index (χ2n) is 13.8. The minimum Gasteiger partial charge on any atom is -0.330 e. The SMILES string of the molecule is CCNCCN(CCCC[C@H](CC)CC(CN)CCC(C)C)C1CN([C@H](C)C[C@@H]2CC[C@H](C)CC2C)C1. The molecule has 4 heteroatoms. The van der Waals surface area contributed by atoms with Crippen LogP contribution in [0.25, 0.3) is 0 Å². The van der Waals surface area contributed by atoms with Crippen molar-refractivity contribution in [2.75, 3.05) is 45.8 Å². The fraction of sp³-hybridized carbons (Fsp3) is 1.00. The highest BCUT2D eigenvalue weighted by molar-refractivity contribution is 4.92. The third-order valence-corrected chi connectivity index (χ3v) is 10.1. The molecule has 3 N–H and O–H groups in total. The average Bonchev–Trinajstić information content (AvgIpc) is 2.83. The molecule has 0 spiro atoms. The van der Waals surface area contributed by atoms with Crippen LogP contribution in [0.15, 0.2) is 0 Å². The van der Waals surface area contributed by atoms with Crippen LogP contribution in [0.3, 0.4) is 0 Å². The molecule has 2 aliphatic rings. The number of hydrogen-bond donors (Lipinski definition) is 2. The van der Waals surface area contributed by atoms with Gasteiger partial charge >= 0.3 is 0 Å². The predicted octanol–water partition coefficient (Wildman–Crippen LogP) is 7.03. The van der Waals surface area contributed by atoms with Gasteiger partial charge in [-0.05, 0) is 101 Å². The molecule has 0 amide bonds. The lowest BCUT2D eigenvalue weighted by molar-refractivity contribution is -0.00272. The summed E-state index contributed by atoms with van der Waals surface area (Å²) < 4.78 is 0. The van der Waals surface area contributed by atoms with E-state index >= 15 is 0 Å². The van der Waals surface area contributed by atoms with Crippen molar-refractivity contribution in [1.82, 2.24) is 15.1 Å². The Hall–Kier alpha value is -0.160. The normalized spacial score (nSPS) is 25.9. The molecule has 0 bridgehead atoms. The highest BCUT2D eigenvalue weighted by Gasteiger charge is 2.36. The van der Waals surface area contributed by atoms with Crippen molar-refractivity contribution in [2.45, 2.75) is 131 Å². The number of nitrogens with one attached hydrogen (secondary N) is 1. The van der Waals surface area contributed by atoms with E-state index < -0.39 is 0 Å². The summed E-state index contributed by atoms with van der Waals surface area (Å²) in [6.45, 7) is 24.9. The molecule has 1 heterocycles. The molecule has 0 aromatic carbocycles. The van der Waals surface area contributed by atoms with Crippen molar-refractivity contribution in [3.63, 3.8) is 0 Å². The zero-order valence-corrected chi connectivity index (χ0v) is 26.3. The Labute approximate surface area is 233 Å². The molecule has 1 aliphatic carbocycles. The highest BCUT2D eigenvalue weighted by atomic mass is 15.3. The van der Waals surface area contributed by atoms with Crippen LogP contribution < -0.4 is 11.1 Å². The van der Waals surface area contributed by atoms with Gasteiger partial charge in [-0.3, -0.25) is 9.80 Å². The van der Waals surface area contributed by atoms with Crippen molar-refractivity contribution in [2.24, 2.45) is 41.2 Å². The van der Waals surface area contributed by atoms with E-state index in [4.69, 9.17) is 5.73 Å². The van der Waals surface area contributed by atoms with Gasteiger partial charge in [-0.15, -0.1) is 0 Å². The molecule has 0 radical (unpaired) electrons. The molecule has 0 aromatic heterocycles. The smallest absolute Gasteiger partial charge is 0.0351 e. The summed E-state index contributed by atoms with van der Waals surface area (Å²) in [5.41, 5.74) is 6.15. The van der Waals surface area contributed by atoms with Gasteiger partial charge in [0.25, 0.3) is 0 Å². The summed E-state index contributed by atoms with van der Waals surface area (Å²) in [4.78, 5) is 5.61. The van der Waals surface area contributed by atoms with E-state index in [0.717, 1.165) is 67.2 Å². The van der Waals surface area contributed by atoms with Gasteiger partial charge in [0.15, 0.2) is 0 Å². The van der Waals surface area contributed by atoms with Gasteiger partial charge in [0.1, 0.15) is 0 Å². The summed E-state index contributed by atoms with van der Waals surface area (Å²) >= 11 is 0. The number of hydrogen-bond acceptors (Lipinski definition) is 4. The van der Waals surface area contributed by atoms with Crippen molar-refractivity contribution >= 4 is 0 Å². The highest BCUT2D eigenvalue weighted by Crippen LogP contribution is 2.37. The minimum atomic E-state index is 0.729. The molecule has 220 valence electrons. The minimum absolute atomic E-state index is 0.729. The number of rotatable bonds is 20. The lowest BCUT2D eigenvalue weighted by Gasteiger charge is -2.49. The van der Waals surface area contributed by atoms with Crippen molar-refractivity contribution in [1.29, 1.82) is 0 Å². The largest absolute Gasteiger partial charge is 0.330 e. The van der Waals surface area contributed by atoms with Crippen molar-refractivity contribution < 1.29 is 0 Å². The van der Waals surface area contributed by atoms with Crippen molar-refractivity contribution in [3.8, 4) is 0 Å². The van der Waals surface area contributed by atoms with Gasteiger partial charge < -0.3 is 11.1 Å². The lowest BCUT2D eigenvalue weighted by atomic mass is 9.73. The quantitative estimate of drug-likeness (QED) is 0.169. The molecular weight excluding hydrogens is 452 g/mol. The Morgan fingerprint density at radius 2 is 1.70 bits per heavy atom. The number of nitrogens with two attached hydrogens (primary N) is 1. The maximum absolute atomic E-state index is 6.15. The fourth-order valence-electron chi connectivity index (χ4n) is 7.23. The maximum atomic E-state index is 6.15. The van der Waals surface area contributed by atoms with Crippen molar-refractivity contribution in [3.05, 3.63) is 0 Å². The molecular formula is C33H68N4. The van der Waals surface area contributed by atoms with E-state index in [1.165, 1.54) is 96.8 Å². The second kappa shape index (κ2) is 18.2. The van der Waals surface area contributed by atoms with Crippen LogP contribution in [-0.2, 0) is 0 Å². The third-order valence-electron chi connectivity index (χ3n) is 10.1. The van der Waals surface area contributed by atoms with Crippen LogP contribution in [0.1, 0.15) is 119 Å². The summed E-state index contributed by atoms with van der Waals surface area (Å²) in [5, 5.41) is 3.58. The van der Waals surface area contributed by atoms with Gasteiger partial charge in [0, 0.05) is 38.3 Å². The summed E-state index contributed by atoms with van der Waals surface area (Å²) in [6, 6.07) is 1.52. The van der Waals surface area contributed by atoms with Crippen LogP contribution in [0.4, 0.5) is 0 Å². The Kier molecular flexibility index (Phi) is 16.3. The predicted molar refractivity (Wildman–Crippen MR) is 164 cm³/mol. The molecule has 0 aromatic rings. The number of nitrogens with zero attached hydrogens (tertiary/aromatic N) is 2. The van der Waals surface area contributed by atoms with E-state index in [1.807, 2.05) is 0 Å². The lowest BCUT2D eigenvalue weighted by Crippen LogP contribution is -2.62. The van der Waals surface area contributed by atoms with Crippen LogP contribution in [0.5, 0.6) is 0 Å². The van der Waals surface area contributed by atoms with Gasteiger partial charge in [0.2, 0.25) is 0 Å². The second-order valence-corrected chi connectivity index (χ2v) is 13.8. The molecule has 1 aliphatic heterocycles. The summed E-state index contributed by atoms with van der Waals surface area (Å²) in [7, 11) is 0. The molecule has 2 unspecified atom stereocenters. The number of likely N-dealkylation sites (N-methyl/N-ethyl adjacent to an activating group) is 1. The molecule has 6 atom stereocenters. The first-order valence-corrected chi connectivity index (χ1v) is 16.7. The van der Waals surface area contributed by atoms with E-state index in [2.05, 4.69) is 63.6 Å². The van der Waals surface area contributed by atoms with Crippen LogP contribution in [0.2, 0.25) is 0 Å². The van der Waals surface area contributed by atoms with E-state index in [1.54, 1.807) is 0 Å². The molecule has 1 saturated heterocycles.